The predicted molar refractivity (Wildman–Crippen MR) is 139 cm³/mol. The first-order valence-electron chi connectivity index (χ1n) is 12.3. The molecule has 0 aromatic heterocycles. The van der Waals surface area contributed by atoms with Crippen LogP contribution >= 0.6 is 0 Å². The van der Waals surface area contributed by atoms with Crippen LogP contribution in [0.4, 0.5) is 5.69 Å². The van der Waals surface area contributed by atoms with Crippen LogP contribution in [0.3, 0.4) is 0 Å². The van der Waals surface area contributed by atoms with E-state index in [1.807, 2.05) is 51.0 Å². The Morgan fingerprint density at radius 3 is 2.49 bits per heavy atom. The van der Waals surface area contributed by atoms with E-state index in [-0.39, 0.29) is 31.1 Å². The standard InChI is InChI=1S/C25H43N3O6S/c1-18-15-28(19(2)17-29)25(30)22-14-21(26(4)5)11-12-23(22)34-20(3)10-8-9-13-33-24(18)16-27(6)35(7,31)32/h11-12,14,18-20,24,29H,8-10,13,15-17H2,1-7H3/t18-,19+,20+,24-/m1/s1. The van der Waals surface area contributed by atoms with Gasteiger partial charge < -0.3 is 24.4 Å². The van der Waals surface area contributed by atoms with Gasteiger partial charge in [-0.2, -0.15) is 0 Å². The van der Waals surface area contributed by atoms with Crippen LogP contribution < -0.4 is 9.64 Å². The summed E-state index contributed by atoms with van der Waals surface area (Å²) < 4.78 is 37.8. The van der Waals surface area contributed by atoms with Crippen LogP contribution in [0.2, 0.25) is 0 Å². The van der Waals surface area contributed by atoms with Crippen LogP contribution in [0.25, 0.3) is 0 Å². The number of carbonyl (C=O) groups is 1. The number of anilines is 1. The van der Waals surface area contributed by atoms with E-state index in [1.54, 1.807) is 11.8 Å². The molecule has 35 heavy (non-hydrogen) atoms. The molecular formula is C25H43N3O6S. The van der Waals surface area contributed by atoms with Crippen molar-refractivity contribution in [1.82, 2.24) is 9.21 Å². The maximum absolute atomic E-state index is 13.9. The molecule has 1 aromatic rings. The van der Waals surface area contributed by atoms with Gasteiger partial charge in [0, 0.05) is 52.4 Å². The van der Waals surface area contributed by atoms with E-state index in [4.69, 9.17) is 9.47 Å². The normalized spacial score (nSPS) is 23.9. The van der Waals surface area contributed by atoms with Crippen LogP contribution in [0, 0.1) is 5.92 Å². The summed E-state index contributed by atoms with van der Waals surface area (Å²) in [7, 11) is 1.98. The minimum atomic E-state index is -3.38. The summed E-state index contributed by atoms with van der Waals surface area (Å²) in [6.45, 7) is 6.51. The number of benzene rings is 1. The number of hydrogen-bond acceptors (Lipinski definition) is 7. The SMILES string of the molecule is C[C@@H]1CN([C@@H](C)CO)C(=O)c2cc(N(C)C)ccc2O[C@@H](C)CCCCO[C@@H]1CN(C)S(C)(=O)=O. The number of likely N-dealkylation sites (N-methyl/N-ethyl adjacent to an activating group) is 1. The number of rotatable bonds is 6. The third kappa shape index (κ3) is 8.34. The Hall–Kier alpha value is -1.88. The highest BCUT2D eigenvalue weighted by atomic mass is 32.2. The van der Waals surface area contributed by atoms with E-state index in [1.165, 1.54) is 17.6 Å². The second-order valence-corrected chi connectivity index (χ2v) is 12.0. The zero-order chi connectivity index (χ0) is 26.3. The van der Waals surface area contributed by atoms with Crippen molar-refractivity contribution >= 4 is 21.6 Å². The van der Waals surface area contributed by atoms with Crippen molar-refractivity contribution < 1.29 is 27.8 Å². The fraction of sp³-hybridized carbons (Fsp3) is 0.720. The molecule has 4 atom stereocenters. The highest BCUT2D eigenvalue weighted by Crippen LogP contribution is 2.29. The average molecular weight is 514 g/mol. The number of aliphatic hydroxyl groups excluding tert-OH is 1. The van der Waals surface area contributed by atoms with Crippen LogP contribution in [-0.4, -0.2) is 101 Å². The van der Waals surface area contributed by atoms with Crippen molar-refractivity contribution in [3.8, 4) is 5.75 Å². The number of sulfonamides is 1. The second kappa shape index (κ2) is 12.9. The lowest BCUT2D eigenvalue weighted by atomic mass is 10.0. The number of amides is 1. The summed E-state index contributed by atoms with van der Waals surface area (Å²) in [5.74, 6) is 0.106. The van der Waals surface area contributed by atoms with Crippen LogP contribution in [0.1, 0.15) is 50.4 Å². The molecule has 9 nitrogen and oxygen atoms in total. The molecule has 1 aromatic carbocycles. The number of carbonyl (C=O) groups excluding carboxylic acids is 1. The van der Waals surface area contributed by atoms with Gasteiger partial charge in [0.25, 0.3) is 5.91 Å². The summed E-state index contributed by atoms with van der Waals surface area (Å²) in [6, 6.07) is 5.14. The van der Waals surface area contributed by atoms with E-state index < -0.39 is 22.2 Å². The third-order valence-electron chi connectivity index (χ3n) is 6.55. The maximum atomic E-state index is 13.9. The number of aliphatic hydroxyl groups is 1. The Kier molecular flexibility index (Phi) is 10.8. The molecule has 0 spiro atoms. The number of ether oxygens (including phenoxy) is 2. The predicted octanol–water partition coefficient (Wildman–Crippen LogP) is 2.44. The molecule has 0 saturated heterocycles. The topological polar surface area (TPSA) is 99.6 Å². The average Bonchev–Trinajstić information content (AvgIpc) is 2.79. The monoisotopic (exact) mass is 513 g/mol. The van der Waals surface area contributed by atoms with Crippen molar-refractivity contribution in [2.24, 2.45) is 5.92 Å². The first kappa shape index (κ1) is 29.4. The number of fused-ring (bicyclic) bond motifs is 1. The van der Waals surface area contributed by atoms with Crippen molar-refractivity contribution in [2.45, 2.75) is 58.3 Å². The van der Waals surface area contributed by atoms with E-state index in [0.29, 0.717) is 24.5 Å². The molecule has 200 valence electrons. The fourth-order valence-corrected chi connectivity index (χ4v) is 4.46. The van der Waals surface area contributed by atoms with Crippen LogP contribution in [-0.2, 0) is 14.8 Å². The molecule has 0 aliphatic carbocycles. The van der Waals surface area contributed by atoms with Crippen molar-refractivity contribution in [3.63, 3.8) is 0 Å². The van der Waals surface area contributed by atoms with Gasteiger partial charge in [0.1, 0.15) is 5.75 Å². The van der Waals surface area contributed by atoms with E-state index >= 15 is 0 Å². The Balaban J connectivity index is 2.49. The molecule has 1 aliphatic heterocycles. The van der Waals surface area contributed by atoms with E-state index in [0.717, 1.165) is 24.9 Å². The van der Waals surface area contributed by atoms with E-state index in [2.05, 4.69) is 0 Å². The first-order chi connectivity index (χ1) is 16.3. The summed E-state index contributed by atoms with van der Waals surface area (Å²) in [6.07, 6.45) is 3.18. The maximum Gasteiger partial charge on any atom is 0.258 e. The quantitative estimate of drug-likeness (QED) is 0.624. The first-order valence-corrected chi connectivity index (χ1v) is 14.1. The van der Waals surface area contributed by atoms with Gasteiger partial charge in [0.15, 0.2) is 0 Å². The van der Waals surface area contributed by atoms with Gasteiger partial charge in [-0.25, -0.2) is 12.7 Å². The molecule has 2 rings (SSSR count). The molecule has 0 unspecified atom stereocenters. The minimum absolute atomic E-state index is 0.0931. The third-order valence-corrected chi connectivity index (χ3v) is 7.84. The Morgan fingerprint density at radius 2 is 1.89 bits per heavy atom. The molecule has 1 N–H and O–H groups in total. The molecule has 10 heteroatoms. The van der Waals surface area contributed by atoms with E-state index in [9.17, 15) is 18.3 Å². The van der Waals surface area contributed by atoms with Crippen molar-refractivity contribution in [2.75, 3.05) is 58.6 Å². The molecule has 0 saturated carbocycles. The Labute approximate surface area is 211 Å². The molecule has 1 heterocycles. The smallest absolute Gasteiger partial charge is 0.258 e. The lowest BCUT2D eigenvalue weighted by molar-refractivity contribution is -0.00828. The molecule has 0 radical (unpaired) electrons. The van der Waals surface area contributed by atoms with Gasteiger partial charge in [-0.1, -0.05) is 6.92 Å². The zero-order valence-corrected chi connectivity index (χ0v) is 23.0. The van der Waals surface area contributed by atoms with Gasteiger partial charge in [-0.15, -0.1) is 0 Å². The summed E-state index contributed by atoms with van der Waals surface area (Å²) in [5, 5.41) is 9.96. The highest BCUT2D eigenvalue weighted by molar-refractivity contribution is 7.88. The zero-order valence-electron chi connectivity index (χ0n) is 22.2. The van der Waals surface area contributed by atoms with Gasteiger partial charge in [-0.05, 0) is 51.3 Å². The lowest BCUT2D eigenvalue weighted by Gasteiger charge is -2.35. The lowest BCUT2D eigenvalue weighted by Crippen LogP contribution is -2.47. The second-order valence-electron chi connectivity index (χ2n) is 9.92. The molecule has 0 fully saturated rings. The summed E-state index contributed by atoms with van der Waals surface area (Å²) in [4.78, 5) is 17.5. The largest absolute Gasteiger partial charge is 0.490 e. The number of hydrogen-bond donors (Lipinski definition) is 1. The van der Waals surface area contributed by atoms with Crippen molar-refractivity contribution in [1.29, 1.82) is 0 Å². The Bertz CT molecular complexity index is 939. The summed E-state index contributed by atoms with van der Waals surface area (Å²) in [5.41, 5.74) is 1.31. The van der Waals surface area contributed by atoms with Gasteiger partial charge in [0.05, 0.1) is 36.7 Å². The van der Waals surface area contributed by atoms with Crippen LogP contribution in [0.5, 0.6) is 5.75 Å². The van der Waals surface area contributed by atoms with Gasteiger partial charge in [0.2, 0.25) is 10.0 Å². The fourth-order valence-electron chi connectivity index (χ4n) is 4.04. The van der Waals surface area contributed by atoms with Crippen LogP contribution in [0.15, 0.2) is 18.2 Å². The number of nitrogens with zero attached hydrogens (tertiary/aromatic N) is 3. The molecule has 0 bridgehead atoms. The molecular weight excluding hydrogens is 470 g/mol. The molecule has 1 amide bonds. The molecule has 1 aliphatic rings. The highest BCUT2D eigenvalue weighted by Gasteiger charge is 2.31. The minimum Gasteiger partial charge on any atom is -0.490 e. The summed E-state index contributed by atoms with van der Waals surface area (Å²) >= 11 is 0. The van der Waals surface area contributed by atoms with Gasteiger partial charge in [-0.3, -0.25) is 4.79 Å². The Morgan fingerprint density at radius 1 is 1.20 bits per heavy atom. The van der Waals surface area contributed by atoms with Gasteiger partial charge >= 0.3 is 0 Å². The van der Waals surface area contributed by atoms with Crippen molar-refractivity contribution in [3.05, 3.63) is 23.8 Å².